The molecule has 19 heavy (non-hydrogen) atoms. The average molecular weight is 272 g/mol. The summed E-state index contributed by atoms with van der Waals surface area (Å²) in [5.74, 6) is 0.975. The van der Waals surface area contributed by atoms with Crippen LogP contribution in [-0.4, -0.2) is 22.4 Å². The highest BCUT2D eigenvalue weighted by atomic mass is 32.1. The van der Waals surface area contributed by atoms with Gasteiger partial charge >= 0.3 is 0 Å². The lowest BCUT2D eigenvalue weighted by Crippen LogP contribution is -1.83. The zero-order chi connectivity index (χ0) is 13.2. The number of H-pyrrole nitrogens is 1. The second-order valence-electron chi connectivity index (χ2n) is 4.02. The van der Waals surface area contributed by atoms with E-state index in [0.29, 0.717) is 0 Å². The maximum absolute atomic E-state index is 9.95. The van der Waals surface area contributed by atoms with Crippen LogP contribution in [0.2, 0.25) is 0 Å². The summed E-state index contributed by atoms with van der Waals surface area (Å²) in [7, 11) is 1.61. The molecule has 0 atom stereocenters. The summed E-state index contributed by atoms with van der Waals surface area (Å²) in [5, 5.41) is 16.8. The van der Waals surface area contributed by atoms with Crippen LogP contribution in [0.1, 0.15) is 0 Å². The Labute approximate surface area is 114 Å². The third kappa shape index (κ3) is 2.20. The number of hydrogen-bond acceptors (Lipinski definition) is 4. The number of aromatic amines is 1. The van der Waals surface area contributed by atoms with Crippen molar-refractivity contribution in [3.63, 3.8) is 0 Å². The number of ether oxygens (including phenoxy) is 1. The van der Waals surface area contributed by atoms with E-state index in [9.17, 15) is 5.11 Å². The lowest BCUT2D eigenvalue weighted by atomic mass is 10.1. The van der Waals surface area contributed by atoms with Crippen LogP contribution in [0.3, 0.4) is 0 Å². The zero-order valence-electron chi connectivity index (χ0n) is 10.3. The van der Waals surface area contributed by atoms with Gasteiger partial charge in [0.25, 0.3) is 0 Å². The molecule has 0 amide bonds. The minimum absolute atomic E-state index is 0.249. The van der Waals surface area contributed by atoms with Crippen LogP contribution in [0.5, 0.6) is 11.5 Å². The molecule has 0 unspecified atom stereocenters. The molecule has 3 aromatic rings. The van der Waals surface area contributed by atoms with Gasteiger partial charge in [-0.05, 0) is 36.4 Å². The van der Waals surface area contributed by atoms with Crippen molar-refractivity contribution in [2.75, 3.05) is 7.11 Å². The lowest BCUT2D eigenvalue weighted by Gasteiger charge is -2.05. The molecule has 0 saturated carbocycles. The molecule has 3 rings (SSSR count). The first-order valence-electron chi connectivity index (χ1n) is 5.75. The second kappa shape index (κ2) is 4.78. The number of phenols is 1. The van der Waals surface area contributed by atoms with Gasteiger partial charge in [-0.1, -0.05) is 0 Å². The van der Waals surface area contributed by atoms with Crippen molar-refractivity contribution < 1.29 is 9.84 Å². The van der Waals surface area contributed by atoms with Gasteiger partial charge in [0, 0.05) is 16.6 Å². The minimum atomic E-state index is 0.249. The molecule has 5 heteroatoms. The van der Waals surface area contributed by atoms with Gasteiger partial charge < -0.3 is 9.84 Å². The van der Waals surface area contributed by atoms with E-state index in [1.165, 1.54) is 0 Å². The van der Waals surface area contributed by atoms with Crippen LogP contribution >= 0.6 is 11.3 Å². The quantitative estimate of drug-likeness (QED) is 0.767. The highest BCUT2D eigenvalue weighted by molar-refractivity contribution is 7.18. The fourth-order valence-electron chi connectivity index (χ4n) is 1.86. The molecule has 0 aliphatic carbocycles. The Hall–Kier alpha value is -2.27. The van der Waals surface area contributed by atoms with Crippen molar-refractivity contribution in [1.82, 2.24) is 10.2 Å². The van der Waals surface area contributed by atoms with Crippen molar-refractivity contribution in [2.24, 2.45) is 0 Å². The molecule has 0 saturated heterocycles. The molecule has 96 valence electrons. The number of thiophene rings is 1. The van der Waals surface area contributed by atoms with Crippen LogP contribution in [-0.2, 0) is 0 Å². The van der Waals surface area contributed by atoms with E-state index in [2.05, 4.69) is 10.2 Å². The zero-order valence-corrected chi connectivity index (χ0v) is 11.1. The largest absolute Gasteiger partial charge is 0.507 e. The summed E-state index contributed by atoms with van der Waals surface area (Å²) < 4.78 is 5.19. The first-order valence-corrected chi connectivity index (χ1v) is 6.56. The van der Waals surface area contributed by atoms with Gasteiger partial charge in [-0.15, -0.1) is 11.3 Å². The Morgan fingerprint density at radius 1 is 1.16 bits per heavy atom. The molecule has 0 radical (unpaired) electrons. The molecule has 2 N–H and O–H groups in total. The minimum Gasteiger partial charge on any atom is -0.507 e. The average Bonchev–Trinajstić information content (AvgIpc) is 3.10. The topological polar surface area (TPSA) is 58.1 Å². The summed E-state index contributed by atoms with van der Waals surface area (Å²) in [4.78, 5) is 2.07. The second-order valence-corrected chi connectivity index (χ2v) is 5.10. The van der Waals surface area contributed by atoms with Crippen molar-refractivity contribution in [1.29, 1.82) is 0 Å². The van der Waals surface area contributed by atoms with Crippen LogP contribution in [0.25, 0.3) is 21.0 Å². The number of nitrogens with zero attached hydrogens (tertiary/aromatic N) is 1. The van der Waals surface area contributed by atoms with E-state index in [-0.39, 0.29) is 5.75 Å². The number of phenolic OH excluding ortho intramolecular Hbond substituents is 1. The molecule has 1 aromatic carbocycles. The number of benzene rings is 1. The Balaban J connectivity index is 2.03. The molecule has 4 nitrogen and oxygen atoms in total. The first-order chi connectivity index (χ1) is 9.28. The molecule has 0 bridgehead atoms. The summed E-state index contributed by atoms with van der Waals surface area (Å²) in [6.07, 6.45) is 1.72. The highest BCUT2D eigenvalue weighted by Crippen LogP contribution is 2.39. The fourth-order valence-corrected chi connectivity index (χ4v) is 2.87. The summed E-state index contributed by atoms with van der Waals surface area (Å²) in [6.45, 7) is 0. The van der Waals surface area contributed by atoms with Crippen molar-refractivity contribution in [2.45, 2.75) is 0 Å². The smallest absolute Gasteiger partial charge is 0.124 e. The number of nitrogens with one attached hydrogen (secondary N) is 1. The van der Waals surface area contributed by atoms with E-state index >= 15 is 0 Å². The van der Waals surface area contributed by atoms with Gasteiger partial charge in [0.2, 0.25) is 0 Å². The first kappa shape index (κ1) is 11.8. The van der Waals surface area contributed by atoms with Gasteiger partial charge in [0.1, 0.15) is 11.5 Å². The molecule has 2 aromatic heterocycles. The Bertz CT molecular complexity index is 689. The van der Waals surface area contributed by atoms with Crippen molar-refractivity contribution in [3.05, 3.63) is 42.6 Å². The number of aromatic nitrogens is 2. The highest BCUT2D eigenvalue weighted by Gasteiger charge is 2.10. The Morgan fingerprint density at radius 2 is 2.00 bits per heavy atom. The van der Waals surface area contributed by atoms with Gasteiger partial charge in [-0.2, -0.15) is 5.10 Å². The van der Waals surface area contributed by atoms with E-state index in [4.69, 9.17) is 4.74 Å². The predicted molar refractivity (Wildman–Crippen MR) is 75.6 cm³/mol. The molecule has 2 heterocycles. The van der Waals surface area contributed by atoms with Gasteiger partial charge in [-0.3, -0.25) is 5.10 Å². The maximum Gasteiger partial charge on any atom is 0.124 e. The molecular formula is C14H12N2O2S. The number of hydrogen-bond donors (Lipinski definition) is 2. The Morgan fingerprint density at radius 3 is 2.74 bits per heavy atom. The van der Waals surface area contributed by atoms with E-state index in [1.54, 1.807) is 36.8 Å². The molecular weight excluding hydrogens is 260 g/mol. The summed E-state index contributed by atoms with van der Waals surface area (Å²) in [6, 6.07) is 11.1. The third-order valence-corrected chi connectivity index (χ3v) is 3.99. The molecule has 0 fully saturated rings. The van der Waals surface area contributed by atoms with Gasteiger partial charge in [-0.25, -0.2) is 0 Å². The van der Waals surface area contributed by atoms with Crippen LogP contribution in [0, 0.1) is 0 Å². The SMILES string of the molecule is COc1ccc(O)c(-c2ccc(-c3ccn[nH]3)s2)c1. The number of rotatable bonds is 3. The third-order valence-electron chi connectivity index (χ3n) is 2.84. The summed E-state index contributed by atoms with van der Waals surface area (Å²) >= 11 is 1.59. The molecule has 0 spiro atoms. The Kier molecular flexibility index (Phi) is 2.97. The van der Waals surface area contributed by atoms with E-state index in [1.807, 2.05) is 24.3 Å². The summed E-state index contributed by atoms with van der Waals surface area (Å²) in [5.41, 5.74) is 1.74. The molecule has 0 aliphatic heterocycles. The predicted octanol–water partition coefficient (Wildman–Crippen LogP) is 3.52. The maximum atomic E-state index is 9.95. The van der Waals surface area contributed by atoms with Crippen LogP contribution < -0.4 is 4.74 Å². The number of aromatic hydroxyl groups is 1. The van der Waals surface area contributed by atoms with Crippen molar-refractivity contribution >= 4 is 11.3 Å². The monoisotopic (exact) mass is 272 g/mol. The van der Waals surface area contributed by atoms with Crippen LogP contribution in [0.15, 0.2) is 42.6 Å². The normalized spacial score (nSPS) is 10.6. The van der Waals surface area contributed by atoms with E-state index < -0.39 is 0 Å². The number of methoxy groups -OCH3 is 1. The fraction of sp³-hybridized carbons (Fsp3) is 0.0714. The van der Waals surface area contributed by atoms with Crippen LogP contribution in [0.4, 0.5) is 0 Å². The van der Waals surface area contributed by atoms with E-state index in [0.717, 1.165) is 26.8 Å². The van der Waals surface area contributed by atoms with Gasteiger partial charge in [0.15, 0.2) is 0 Å². The van der Waals surface area contributed by atoms with Gasteiger partial charge in [0.05, 0.1) is 17.7 Å². The van der Waals surface area contributed by atoms with Crippen molar-refractivity contribution in [3.8, 4) is 32.5 Å². The lowest BCUT2D eigenvalue weighted by molar-refractivity contribution is 0.412. The standard InChI is InChI=1S/C14H12N2O2S/c1-18-9-2-3-12(17)10(8-9)13-4-5-14(19-13)11-6-7-15-16-11/h2-8,17H,1H3,(H,15,16). The molecule has 0 aliphatic rings.